The van der Waals surface area contributed by atoms with Crippen molar-refractivity contribution in [3.05, 3.63) is 76.7 Å². The third kappa shape index (κ3) is 5.78. The van der Waals surface area contributed by atoms with Gasteiger partial charge in [0.15, 0.2) is 0 Å². The zero-order valence-electron chi connectivity index (χ0n) is 19.5. The third-order valence-corrected chi connectivity index (χ3v) is 6.96. The predicted octanol–water partition coefficient (Wildman–Crippen LogP) is 6.80. The summed E-state index contributed by atoms with van der Waals surface area (Å²) in [6.45, 7) is 3.36. The highest BCUT2D eigenvalue weighted by Gasteiger charge is 2.54. The topological polar surface area (TPSA) is 78.4 Å². The number of carbonyl (C=O) groups excluding carboxylic acids is 2. The molecule has 1 atom stereocenters. The number of urea groups is 1. The zero-order chi connectivity index (χ0) is 27.0. The van der Waals surface area contributed by atoms with Gasteiger partial charge in [-0.2, -0.15) is 13.2 Å². The van der Waals surface area contributed by atoms with Crippen LogP contribution in [0.5, 0.6) is 0 Å². The normalized spacial score (nSPS) is 16.3. The monoisotopic (exact) mass is 569 g/mol. The Morgan fingerprint density at radius 3 is 2.32 bits per heavy atom. The van der Waals surface area contributed by atoms with Crippen molar-refractivity contribution in [1.82, 2.24) is 14.9 Å². The first-order valence-electron chi connectivity index (χ1n) is 10.9. The molecule has 0 radical (unpaired) electrons. The number of thioether (sulfide) groups is 1. The number of carbonyl (C=O) groups is 2. The van der Waals surface area contributed by atoms with Crippen LogP contribution in [0.15, 0.2) is 66.0 Å². The first-order valence-corrected chi connectivity index (χ1v) is 12.4. The molecule has 1 fully saturated rings. The smallest absolute Gasteiger partial charge is 0.366 e. The molecule has 0 saturated carbocycles. The molecular weight excluding hydrogens is 550 g/mol. The van der Waals surface area contributed by atoms with Gasteiger partial charge in [0.25, 0.3) is 5.91 Å². The number of nitrogens with one attached hydrogen (secondary N) is 1. The van der Waals surface area contributed by atoms with E-state index in [2.05, 4.69) is 15.3 Å². The summed E-state index contributed by atoms with van der Waals surface area (Å²) < 4.78 is 38.2. The molecule has 0 bridgehead atoms. The number of hydrogen-bond acceptors (Lipinski definition) is 6. The molecule has 0 spiro atoms. The summed E-state index contributed by atoms with van der Waals surface area (Å²) in [6, 6.07) is 8.78. The number of halogens is 5. The van der Waals surface area contributed by atoms with Crippen LogP contribution in [0.1, 0.15) is 25.5 Å². The van der Waals surface area contributed by atoms with E-state index in [1.165, 1.54) is 41.4 Å². The number of pyridine rings is 2. The molecule has 3 aromatic rings. The van der Waals surface area contributed by atoms with Gasteiger partial charge < -0.3 is 10.2 Å². The lowest BCUT2D eigenvalue weighted by atomic mass is 9.98. The number of rotatable bonds is 7. The van der Waals surface area contributed by atoms with E-state index in [4.69, 9.17) is 23.2 Å². The summed E-state index contributed by atoms with van der Waals surface area (Å²) in [7, 11) is 0. The Bertz CT molecular complexity index is 1310. The van der Waals surface area contributed by atoms with Gasteiger partial charge in [-0.1, -0.05) is 23.2 Å². The van der Waals surface area contributed by atoms with E-state index >= 15 is 0 Å². The molecule has 1 unspecified atom stereocenters. The Hall–Kier alpha value is -3.02. The molecule has 1 aliphatic rings. The highest BCUT2D eigenvalue weighted by Crippen LogP contribution is 2.41. The summed E-state index contributed by atoms with van der Waals surface area (Å²) in [6.07, 6.45) is 4.56. The first-order chi connectivity index (χ1) is 17.4. The van der Waals surface area contributed by atoms with Gasteiger partial charge in [0.1, 0.15) is 11.4 Å². The van der Waals surface area contributed by atoms with Gasteiger partial charge in [-0.25, -0.2) is 14.7 Å². The Labute approximate surface area is 225 Å². The van der Waals surface area contributed by atoms with Crippen LogP contribution in [-0.4, -0.2) is 44.4 Å². The maximum Gasteiger partial charge on any atom is 0.446 e. The Balaban J connectivity index is 1.67. The maximum absolute atomic E-state index is 13.7. The minimum Gasteiger partial charge on any atom is -0.366 e. The van der Waals surface area contributed by atoms with Gasteiger partial charge in [0, 0.05) is 30.0 Å². The standard InChI is InChI=1S/C24H20Cl2F3N5O2S/c1-23(2)21(35)33(16-3-5-17(6-4-16)37-24(27,28)29)22(36)34(23)19(14-7-9-30-10-8-14)13-32-20-18(26)11-15(25)12-31-20/h3-12,19H,13H2,1-2H3,(H,31,32). The van der Waals surface area contributed by atoms with Crippen LogP contribution < -0.4 is 10.2 Å². The lowest BCUT2D eigenvalue weighted by molar-refractivity contribution is -0.124. The van der Waals surface area contributed by atoms with E-state index in [9.17, 15) is 22.8 Å². The molecule has 2 aromatic heterocycles. The van der Waals surface area contributed by atoms with Gasteiger partial charge in [-0.15, -0.1) is 0 Å². The fraction of sp³-hybridized carbons (Fsp3) is 0.250. The van der Waals surface area contributed by atoms with E-state index < -0.39 is 29.0 Å². The molecule has 4 rings (SSSR count). The Morgan fingerprint density at radius 2 is 1.73 bits per heavy atom. The van der Waals surface area contributed by atoms with Gasteiger partial charge in [0.2, 0.25) is 0 Å². The number of hydrogen-bond donors (Lipinski definition) is 1. The summed E-state index contributed by atoms with van der Waals surface area (Å²) in [5.74, 6) is -0.175. The van der Waals surface area contributed by atoms with Crippen LogP contribution in [0.4, 0.5) is 29.5 Å². The van der Waals surface area contributed by atoms with Crippen molar-refractivity contribution >= 4 is 58.4 Å². The summed E-state index contributed by atoms with van der Waals surface area (Å²) in [4.78, 5) is 37.8. The van der Waals surface area contributed by atoms with Crippen LogP contribution in [0.3, 0.4) is 0 Å². The Kier molecular flexibility index (Phi) is 7.59. The summed E-state index contributed by atoms with van der Waals surface area (Å²) in [5.41, 5.74) is -4.88. The fourth-order valence-electron chi connectivity index (χ4n) is 4.04. The molecule has 0 aliphatic carbocycles. The van der Waals surface area contributed by atoms with Crippen LogP contribution >= 0.6 is 35.0 Å². The number of anilines is 2. The van der Waals surface area contributed by atoms with Gasteiger partial charge in [-0.3, -0.25) is 9.78 Å². The summed E-state index contributed by atoms with van der Waals surface area (Å²) in [5, 5.41) is 3.76. The number of benzene rings is 1. The molecule has 37 heavy (non-hydrogen) atoms. The van der Waals surface area contributed by atoms with Gasteiger partial charge in [-0.05, 0) is 73.6 Å². The van der Waals surface area contributed by atoms with E-state index in [1.54, 1.807) is 38.4 Å². The molecular formula is C24H20Cl2F3N5O2S. The average molecular weight is 570 g/mol. The molecule has 1 N–H and O–H groups in total. The summed E-state index contributed by atoms with van der Waals surface area (Å²) >= 11 is 11.9. The molecule has 1 aliphatic heterocycles. The van der Waals surface area contributed by atoms with Gasteiger partial charge in [0.05, 0.1) is 21.8 Å². The first kappa shape index (κ1) is 27.0. The highest BCUT2D eigenvalue weighted by molar-refractivity contribution is 8.00. The van der Waals surface area contributed by atoms with E-state index in [0.717, 1.165) is 4.90 Å². The van der Waals surface area contributed by atoms with Crippen LogP contribution in [0.25, 0.3) is 0 Å². The highest BCUT2D eigenvalue weighted by atomic mass is 35.5. The second kappa shape index (κ2) is 10.4. The van der Waals surface area contributed by atoms with Crippen molar-refractivity contribution in [2.75, 3.05) is 16.8 Å². The van der Waals surface area contributed by atoms with Crippen molar-refractivity contribution in [1.29, 1.82) is 0 Å². The molecule has 13 heteroatoms. The molecule has 1 aromatic carbocycles. The van der Waals surface area contributed by atoms with Crippen LogP contribution in [0, 0.1) is 0 Å². The fourth-order valence-corrected chi connectivity index (χ4v) is 5.03. The number of imide groups is 1. The van der Waals surface area contributed by atoms with E-state index in [0.29, 0.717) is 16.4 Å². The maximum atomic E-state index is 13.7. The predicted molar refractivity (Wildman–Crippen MR) is 137 cm³/mol. The second-order valence-electron chi connectivity index (χ2n) is 8.56. The van der Waals surface area contributed by atoms with Crippen molar-refractivity contribution in [2.24, 2.45) is 0 Å². The van der Waals surface area contributed by atoms with Crippen LogP contribution in [-0.2, 0) is 4.79 Å². The van der Waals surface area contributed by atoms with Crippen molar-refractivity contribution < 1.29 is 22.8 Å². The van der Waals surface area contributed by atoms with Gasteiger partial charge >= 0.3 is 11.5 Å². The number of amides is 3. The van der Waals surface area contributed by atoms with Crippen molar-refractivity contribution in [3.8, 4) is 0 Å². The molecule has 3 amide bonds. The van der Waals surface area contributed by atoms with Crippen molar-refractivity contribution in [2.45, 2.75) is 35.8 Å². The lowest BCUT2D eigenvalue weighted by Crippen LogP contribution is -2.48. The molecule has 1 saturated heterocycles. The number of alkyl halides is 3. The van der Waals surface area contributed by atoms with E-state index in [1.807, 2.05) is 0 Å². The molecule has 7 nitrogen and oxygen atoms in total. The minimum absolute atomic E-state index is 0.0577. The SMILES string of the molecule is CC1(C)C(=O)N(c2ccc(SC(F)(F)F)cc2)C(=O)N1C(CNc1ncc(Cl)cc1Cl)c1ccncc1. The largest absolute Gasteiger partial charge is 0.446 e. The zero-order valence-corrected chi connectivity index (χ0v) is 21.8. The number of aromatic nitrogens is 2. The number of nitrogens with zero attached hydrogens (tertiary/aromatic N) is 4. The quantitative estimate of drug-likeness (QED) is 0.249. The Morgan fingerprint density at radius 1 is 1.08 bits per heavy atom. The lowest BCUT2D eigenvalue weighted by Gasteiger charge is -2.36. The minimum atomic E-state index is -4.45. The second-order valence-corrected chi connectivity index (χ2v) is 10.5. The average Bonchev–Trinajstić information content (AvgIpc) is 3.00. The molecule has 3 heterocycles. The van der Waals surface area contributed by atoms with Crippen LogP contribution in [0.2, 0.25) is 10.0 Å². The van der Waals surface area contributed by atoms with Crippen molar-refractivity contribution in [3.63, 3.8) is 0 Å². The van der Waals surface area contributed by atoms with E-state index in [-0.39, 0.29) is 33.9 Å². The third-order valence-electron chi connectivity index (χ3n) is 5.73. The molecule has 194 valence electrons.